The van der Waals surface area contributed by atoms with Gasteiger partial charge in [-0.05, 0) is 45.0 Å². The number of methoxy groups -OCH3 is 1. The van der Waals surface area contributed by atoms with Crippen molar-refractivity contribution >= 4 is 27.9 Å². The molecule has 5 nitrogen and oxygen atoms in total. The summed E-state index contributed by atoms with van der Waals surface area (Å²) >= 11 is 3.29. The molecule has 0 saturated carbocycles. The van der Waals surface area contributed by atoms with Crippen LogP contribution in [0.15, 0.2) is 28.7 Å². The normalized spacial score (nSPS) is 12.6. The highest BCUT2D eigenvalue weighted by atomic mass is 79.9. The van der Waals surface area contributed by atoms with Crippen LogP contribution in [0.5, 0.6) is 0 Å². The molecule has 0 fully saturated rings. The molecular formula is C15H20BrNO4. The van der Waals surface area contributed by atoms with Crippen LogP contribution in [-0.4, -0.2) is 37.2 Å². The number of esters is 2. The average molecular weight is 358 g/mol. The molecule has 1 aromatic rings. The number of carbonyl (C=O) groups is 2. The van der Waals surface area contributed by atoms with Crippen LogP contribution in [0.2, 0.25) is 0 Å². The van der Waals surface area contributed by atoms with Gasteiger partial charge < -0.3 is 9.47 Å². The molecule has 21 heavy (non-hydrogen) atoms. The minimum atomic E-state index is -0.700. The fourth-order valence-electron chi connectivity index (χ4n) is 1.66. The summed E-state index contributed by atoms with van der Waals surface area (Å²) in [5.41, 5.74) is 0.126. The molecule has 1 rings (SSSR count). The van der Waals surface area contributed by atoms with E-state index in [0.29, 0.717) is 5.56 Å². The molecule has 6 heteroatoms. The molecule has 1 aromatic carbocycles. The summed E-state index contributed by atoms with van der Waals surface area (Å²) < 4.78 is 10.8. The second-order valence-electron chi connectivity index (χ2n) is 5.58. The van der Waals surface area contributed by atoms with E-state index in [1.807, 2.05) is 20.8 Å². The summed E-state index contributed by atoms with van der Waals surface area (Å²) in [5, 5.41) is 3.06. The van der Waals surface area contributed by atoms with Crippen molar-refractivity contribution in [2.45, 2.75) is 32.4 Å². The fourth-order valence-corrected chi connectivity index (χ4v) is 1.93. The van der Waals surface area contributed by atoms with Crippen LogP contribution in [0.3, 0.4) is 0 Å². The molecule has 0 spiro atoms. The maximum atomic E-state index is 11.9. The monoisotopic (exact) mass is 357 g/mol. The van der Waals surface area contributed by atoms with Crippen molar-refractivity contribution < 1.29 is 19.1 Å². The van der Waals surface area contributed by atoms with Gasteiger partial charge in [0.05, 0.1) is 12.7 Å². The van der Waals surface area contributed by atoms with Gasteiger partial charge in [-0.25, -0.2) is 4.79 Å². The first-order valence-corrected chi connectivity index (χ1v) is 7.30. The Labute approximate surface area is 133 Å². The van der Waals surface area contributed by atoms with E-state index in [9.17, 15) is 9.59 Å². The molecule has 0 aliphatic rings. The Balaban J connectivity index is 2.65. The van der Waals surface area contributed by atoms with Crippen molar-refractivity contribution in [2.75, 3.05) is 13.7 Å². The van der Waals surface area contributed by atoms with E-state index >= 15 is 0 Å². The van der Waals surface area contributed by atoms with Crippen molar-refractivity contribution in [2.24, 2.45) is 0 Å². The SMILES string of the molecule is COC(=O)C(COC(=O)c1ccc(Br)cc1)NC(C)(C)C. The molecule has 1 N–H and O–H groups in total. The summed E-state index contributed by atoms with van der Waals surface area (Å²) in [6, 6.07) is 6.10. The molecule has 1 unspecified atom stereocenters. The number of ether oxygens (including phenoxy) is 2. The predicted octanol–water partition coefficient (Wildman–Crippen LogP) is 2.54. The van der Waals surface area contributed by atoms with Crippen molar-refractivity contribution in [3.8, 4) is 0 Å². The van der Waals surface area contributed by atoms with Crippen molar-refractivity contribution in [1.82, 2.24) is 5.32 Å². The molecule has 116 valence electrons. The van der Waals surface area contributed by atoms with Gasteiger partial charge in [-0.15, -0.1) is 0 Å². The van der Waals surface area contributed by atoms with E-state index < -0.39 is 18.0 Å². The summed E-state index contributed by atoms with van der Waals surface area (Å²) in [4.78, 5) is 23.6. The number of hydrogen-bond donors (Lipinski definition) is 1. The van der Waals surface area contributed by atoms with Crippen LogP contribution >= 0.6 is 15.9 Å². The van der Waals surface area contributed by atoms with E-state index in [1.54, 1.807) is 24.3 Å². The smallest absolute Gasteiger partial charge is 0.338 e. The highest BCUT2D eigenvalue weighted by molar-refractivity contribution is 9.10. The first kappa shape index (κ1) is 17.7. The third-order valence-corrected chi connectivity index (χ3v) is 3.08. The van der Waals surface area contributed by atoms with Gasteiger partial charge in [0.2, 0.25) is 0 Å². The molecule has 0 aliphatic carbocycles. The third-order valence-electron chi connectivity index (χ3n) is 2.55. The van der Waals surface area contributed by atoms with Crippen LogP contribution in [0.1, 0.15) is 31.1 Å². The highest BCUT2D eigenvalue weighted by Crippen LogP contribution is 2.12. The molecule has 0 saturated heterocycles. The number of benzene rings is 1. The lowest BCUT2D eigenvalue weighted by molar-refractivity contribution is -0.144. The van der Waals surface area contributed by atoms with Crippen molar-refractivity contribution in [3.05, 3.63) is 34.3 Å². The van der Waals surface area contributed by atoms with Gasteiger partial charge in [-0.2, -0.15) is 0 Å². The first-order valence-electron chi connectivity index (χ1n) is 6.51. The second-order valence-corrected chi connectivity index (χ2v) is 6.49. The van der Waals surface area contributed by atoms with Crippen LogP contribution in [-0.2, 0) is 14.3 Å². The summed E-state index contributed by atoms with van der Waals surface area (Å²) in [6.45, 7) is 5.66. The quantitative estimate of drug-likeness (QED) is 0.820. The van der Waals surface area contributed by atoms with Gasteiger partial charge in [0, 0.05) is 10.0 Å². The maximum Gasteiger partial charge on any atom is 0.338 e. The molecule has 0 aliphatic heterocycles. The predicted molar refractivity (Wildman–Crippen MR) is 83.1 cm³/mol. The zero-order valence-corrected chi connectivity index (χ0v) is 14.2. The van der Waals surface area contributed by atoms with Crippen molar-refractivity contribution in [1.29, 1.82) is 0 Å². The third kappa shape index (κ3) is 6.27. The summed E-state index contributed by atoms with van der Waals surface area (Å²) in [6.07, 6.45) is 0. The Morgan fingerprint density at radius 2 is 1.81 bits per heavy atom. The minimum absolute atomic E-state index is 0.0845. The van der Waals surface area contributed by atoms with Crippen LogP contribution in [0.25, 0.3) is 0 Å². The standard InChI is InChI=1S/C15H20BrNO4/c1-15(2,3)17-12(14(19)20-4)9-21-13(18)10-5-7-11(16)8-6-10/h5-8,12,17H,9H2,1-4H3. The lowest BCUT2D eigenvalue weighted by Gasteiger charge is -2.26. The summed E-state index contributed by atoms with van der Waals surface area (Å²) in [5.74, 6) is -0.944. The van der Waals surface area contributed by atoms with Crippen molar-refractivity contribution in [3.63, 3.8) is 0 Å². The van der Waals surface area contributed by atoms with Gasteiger partial charge in [0.25, 0.3) is 0 Å². The Kier molecular flexibility index (Phi) is 6.36. The van der Waals surface area contributed by atoms with E-state index in [0.717, 1.165) is 4.47 Å². The van der Waals surface area contributed by atoms with Crippen LogP contribution in [0, 0.1) is 0 Å². The Bertz CT molecular complexity index is 493. The summed E-state index contributed by atoms with van der Waals surface area (Å²) in [7, 11) is 1.30. The Hall–Kier alpha value is -1.40. The molecule has 1 atom stereocenters. The molecule has 0 heterocycles. The van der Waals surface area contributed by atoms with Gasteiger partial charge in [-0.1, -0.05) is 15.9 Å². The number of hydrogen-bond acceptors (Lipinski definition) is 5. The lowest BCUT2D eigenvalue weighted by atomic mass is 10.1. The van der Waals surface area contributed by atoms with Gasteiger partial charge >= 0.3 is 11.9 Å². The van der Waals surface area contributed by atoms with E-state index in [2.05, 4.69) is 21.2 Å². The maximum absolute atomic E-state index is 11.9. The number of carbonyl (C=O) groups excluding carboxylic acids is 2. The van der Waals surface area contributed by atoms with Gasteiger partial charge in [-0.3, -0.25) is 10.1 Å². The average Bonchev–Trinajstić information content (AvgIpc) is 2.41. The van der Waals surface area contributed by atoms with Gasteiger partial charge in [0.1, 0.15) is 12.6 Å². The minimum Gasteiger partial charge on any atom is -0.468 e. The number of halogens is 1. The topological polar surface area (TPSA) is 64.6 Å². The molecular weight excluding hydrogens is 338 g/mol. The van der Waals surface area contributed by atoms with E-state index in [4.69, 9.17) is 9.47 Å². The van der Waals surface area contributed by atoms with E-state index in [1.165, 1.54) is 7.11 Å². The zero-order valence-electron chi connectivity index (χ0n) is 12.6. The second kappa shape index (κ2) is 7.56. The lowest BCUT2D eigenvalue weighted by Crippen LogP contribution is -2.50. The molecule has 0 aromatic heterocycles. The zero-order chi connectivity index (χ0) is 16.0. The fraction of sp³-hybridized carbons (Fsp3) is 0.467. The molecule has 0 bridgehead atoms. The highest BCUT2D eigenvalue weighted by Gasteiger charge is 2.26. The van der Waals surface area contributed by atoms with Crippen LogP contribution < -0.4 is 5.32 Å². The van der Waals surface area contributed by atoms with E-state index in [-0.39, 0.29) is 12.1 Å². The largest absolute Gasteiger partial charge is 0.468 e. The molecule has 0 radical (unpaired) electrons. The van der Waals surface area contributed by atoms with Crippen LogP contribution in [0.4, 0.5) is 0 Å². The Morgan fingerprint density at radius 1 is 1.24 bits per heavy atom. The number of nitrogens with one attached hydrogen (secondary N) is 1. The first-order chi connectivity index (χ1) is 9.73. The Morgan fingerprint density at radius 3 is 2.29 bits per heavy atom. The van der Waals surface area contributed by atoms with Gasteiger partial charge in [0.15, 0.2) is 0 Å². The molecule has 0 amide bonds. The number of rotatable bonds is 5.